The average Bonchev–Trinajstić information content (AvgIpc) is 2.58. The first-order valence-electron chi connectivity index (χ1n) is 7.82. The van der Waals surface area contributed by atoms with Crippen LogP contribution in [0.1, 0.15) is 5.56 Å². The minimum atomic E-state index is -0.837. The molecule has 8 heteroatoms. The van der Waals surface area contributed by atoms with E-state index in [1.54, 1.807) is 0 Å². The Labute approximate surface area is 152 Å². The molecule has 1 saturated heterocycles. The Bertz CT molecular complexity index is 874. The van der Waals surface area contributed by atoms with Crippen LogP contribution in [0.4, 0.5) is 18.9 Å². The summed E-state index contributed by atoms with van der Waals surface area (Å²) in [6.07, 6.45) is -0.0721. The molecule has 0 saturated carbocycles. The van der Waals surface area contributed by atoms with Gasteiger partial charge in [-0.2, -0.15) is 0 Å². The molecule has 3 rings (SSSR count). The molecule has 2 amide bonds. The molecule has 136 valence electrons. The van der Waals surface area contributed by atoms with Gasteiger partial charge >= 0.3 is 0 Å². The molecule has 0 atom stereocenters. The van der Waals surface area contributed by atoms with E-state index in [9.17, 15) is 22.8 Å². The lowest BCUT2D eigenvalue weighted by Gasteiger charge is -2.34. The number of amides is 2. The van der Waals surface area contributed by atoms with Gasteiger partial charge in [0, 0.05) is 24.2 Å². The zero-order chi connectivity index (χ0) is 18.8. The monoisotopic (exact) mass is 382 g/mol. The SMILES string of the molecule is O=C(Cc1ccc(F)cc1Cl)N1CCN(c2ccc(F)cc2F)C(=O)C1. The van der Waals surface area contributed by atoms with Gasteiger partial charge in [-0.05, 0) is 29.8 Å². The summed E-state index contributed by atoms with van der Waals surface area (Å²) < 4.78 is 40.0. The van der Waals surface area contributed by atoms with E-state index in [0.717, 1.165) is 12.1 Å². The van der Waals surface area contributed by atoms with Gasteiger partial charge in [0.25, 0.3) is 0 Å². The Balaban J connectivity index is 1.68. The van der Waals surface area contributed by atoms with Gasteiger partial charge in [0.2, 0.25) is 11.8 Å². The van der Waals surface area contributed by atoms with E-state index in [2.05, 4.69) is 0 Å². The predicted octanol–water partition coefficient (Wildman–Crippen LogP) is 3.18. The lowest BCUT2D eigenvalue weighted by molar-refractivity contribution is -0.136. The van der Waals surface area contributed by atoms with Crippen molar-refractivity contribution in [1.29, 1.82) is 0 Å². The summed E-state index contributed by atoms with van der Waals surface area (Å²) in [5.74, 6) is -2.89. The van der Waals surface area contributed by atoms with Crippen molar-refractivity contribution < 1.29 is 22.8 Å². The van der Waals surface area contributed by atoms with Gasteiger partial charge in [-0.3, -0.25) is 9.59 Å². The molecule has 0 aliphatic carbocycles. The summed E-state index contributed by atoms with van der Waals surface area (Å²) in [4.78, 5) is 27.2. The smallest absolute Gasteiger partial charge is 0.246 e. The molecule has 0 N–H and O–H groups in total. The quantitative estimate of drug-likeness (QED) is 0.818. The number of nitrogens with zero attached hydrogens (tertiary/aromatic N) is 2. The minimum absolute atomic E-state index is 0.0231. The second kappa shape index (κ2) is 7.37. The highest BCUT2D eigenvalue weighted by molar-refractivity contribution is 6.31. The molecule has 26 heavy (non-hydrogen) atoms. The number of benzene rings is 2. The fraction of sp³-hybridized carbons (Fsp3) is 0.222. The van der Waals surface area contributed by atoms with Gasteiger partial charge in [-0.15, -0.1) is 0 Å². The highest BCUT2D eigenvalue weighted by atomic mass is 35.5. The molecule has 1 heterocycles. The van der Waals surface area contributed by atoms with Crippen LogP contribution < -0.4 is 4.90 Å². The maximum absolute atomic E-state index is 13.9. The second-order valence-corrected chi connectivity index (χ2v) is 6.28. The molecular formula is C18H14ClF3N2O2. The molecule has 0 aromatic heterocycles. The van der Waals surface area contributed by atoms with Crippen LogP contribution in [-0.2, 0) is 16.0 Å². The molecular weight excluding hydrogens is 369 g/mol. The first-order chi connectivity index (χ1) is 12.3. The van der Waals surface area contributed by atoms with Crippen molar-refractivity contribution in [3.05, 3.63) is 64.4 Å². The Hall–Kier alpha value is -2.54. The number of carbonyl (C=O) groups excluding carboxylic acids is 2. The van der Waals surface area contributed by atoms with Gasteiger partial charge in [0.05, 0.1) is 12.1 Å². The van der Waals surface area contributed by atoms with Gasteiger partial charge in [-0.1, -0.05) is 17.7 Å². The van der Waals surface area contributed by atoms with Crippen LogP contribution in [0.2, 0.25) is 5.02 Å². The maximum Gasteiger partial charge on any atom is 0.246 e. The van der Waals surface area contributed by atoms with E-state index in [4.69, 9.17) is 11.6 Å². The number of rotatable bonds is 3. The Morgan fingerprint density at radius 3 is 2.38 bits per heavy atom. The molecule has 1 fully saturated rings. The van der Waals surface area contributed by atoms with Gasteiger partial charge in [0.15, 0.2) is 0 Å². The van der Waals surface area contributed by atoms with Gasteiger partial charge in [0.1, 0.15) is 24.0 Å². The number of anilines is 1. The number of piperazine rings is 1. The van der Waals surface area contributed by atoms with Crippen LogP contribution in [0.15, 0.2) is 36.4 Å². The first-order valence-corrected chi connectivity index (χ1v) is 8.20. The second-order valence-electron chi connectivity index (χ2n) is 5.87. The van der Waals surface area contributed by atoms with Crippen molar-refractivity contribution >= 4 is 29.1 Å². The van der Waals surface area contributed by atoms with Gasteiger partial charge < -0.3 is 9.80 Å². The molecule has 0 spiro atoms. The largest absolute Gasteiger partial charge is 0.331 e. The first kappa shape index (κ1) is 18.3. The predicted molar refractivity (Wildman–Crippen MR) is 90.4 cm³/mol. The van der Waals surface area contributed by atoms with Crippen LogP contribution in [0.5, 0.6) is 0 Å². The van der Waals surface area contributed by atoms with Crippen LogP contribution >= 0.6 is 11.6 Å². The standard InChI is InChI=1S/C18H14ClF3N2O2/c19-14-8-12(20)2-1-11(14)7-17(25)23-5-6-24(18(26)10-23)16-4-3-13(21)9-15(16)22/h1-4,8-9H,5-7,10H2. The van der Waals surface area contributed by atoms with E-state index in [-0.39, 0.29) is 42.7 Å². The lowest BCUT2D eigenvalue weighted by Crippen LogP contribution is -2.53. The van der Waals surface area contributed by atoms with E-state index in [1.807, 2.05) is 0 Å². The molecule has 1 aliphatic heterocycles. The fourth-order valence-electron chi connectivity index (χ4n) is 2.78. The number of hydrogen-bond donors (Lipinski definition) is 0. The van der Waals surface area contributed by atoms with E-state index in [0.29, 0.717) is 11.6 Å². The Kier molecular flexibility index (Phi) is 5.18. The highest BCUT2D eigenvalue weighted by Crippen LogP contribution is 2.23. The molecule has 2 aromatic carbocycles. The van der Waals surface area contributed by atoms with Crippen molar-refractivity contribution in [2.75, 3.05) is 24.5 Å². The highest BCUT2D eigenvalue weighted by Gasteiger charge is 2.29. The van der Waals surface area contributed by atoms with E-state index in [1.165, 1.54) is 28.0 Å². The van der Waals surface area contributed by atoms with Crippen molar-refractivity contribution in [2.45, 2.75) is 6.42 Å². The normalized spacial score (nSPS) is 14.7. The summed E-state index contributed by atoms with van der Waals surface area (Å²) in [7, 11) is 0. The topological polar surface area (TPSA) is 40.6 Å². The summed E-state index contributed by atoms with van der Waals surface area (Å²) >= 11 is 5.92. The minimum Gasteiger partial charge on any atom is -0.331 e. The molecule has 0 radical (unpaired) electrons. The molecule has 2 aromatic rings. The lowest BCUT2D eigenvalue weighted by atomic mass is 10.1. The zero-order valence-electron chi connectivity index (χ0n) is 13.5. The van der Waals surface area contributed by atoms with E-state index < -0.39 is 23.4 Å². The summed E-state index contributed by atoms with van der Waals surface area (Å²) in [5, 5.41) is 0.136. The summed E-state index contributed by atoms with van der Waals surface area (Å²) in [6, 6.07) is 6.70. The molecule has 0 unspecified atom stereocenters. The van der Waals surface area contributed by atoms with Crippen molar-refractivity contribution in [3.8, 4) is 0 Å². The van der Waals surface area contributed by atoms with Gasteiger partial charge in [-0.25, -0.2) is 13.2 Å². The number of carbonyl (C=O) groups is 2. The third-order valence-corrected chi connectivity index (χ3v) is 4.48. The third-order valence-electron chi connectivity index (χ3n) is 4.13. The van der Waals surface area contributed by atoms with Crippen LogP contribution in [0.25, 0.3) is 0 Å². The average molecular weight is 383 g/mol. The van der Waals surface area contributed by atoms with Crippen LogP contribution in [0.3, 0.4) is 0 Å². The van der Waals surface area contributed by atoms with Crippen molar-refractivity contribution in [3.63, 3.8) is 0 Å². The van der Waals surface area contributed by atoms with Crippen molar-refractivity contribution in [2.24, 2.45) is 0 Å². The van der Waals surface area contributed by atoms with Crippen molar-refractivity contribution in [1.82, 2.24) is 4.90 Å². The molecule has 4 nitrogen and oxygen atoms in total. The molecule has 1 aliphatic rings. The van der Waals surface area contributed by atoms with Crippen LogP contribution in [-0.4, -0.2) is 36.3 Å². The molecule has 0 bridgehead atoms. The third kappa shape index (κ3) is 3.83. The summed E-state index contributed by atoms with van der Waals surface area (Å²) in [6.45, 7) is 0.0545. The summed E-state index contributed by atoms with van der Waals surface area (Å²) in [5.41, 5.74) is 0.433. The van der Waals surface area contributed by atoms with Crippen LogP contribution in [0, 0.1) is 17.5 Å². The number of halogens is 4. The van der Waals surface area contributed by atoms with E-state index >= 15 is 0 Å². The fourth-order valence-corrected chi connectivity index (χ4v) is 3.01. The number of hydrogen-bond acceptors (Lipinski definition) is 2. The maximum atomic E-state index is 13.9. The Morgan fingerprint density at radius 1 is 1.04 bits per heavy atom. The zero-order valence-corrected chi connectivity index (χ0v) is 14.3. The Morgan fingerprint density at radius 2 is 1.73 bits per heavy atom.